The monoisotopic (exact) mass is 404 g/mol. The fourth-order valence-electron chi connectivity index (χ4n) is 3.59. The highest BCUT2D eigenvalue weighted by atomic mass is 16.2. The van der Waals surface area contributed by atoms with Crippen LogP contribution in [-0.2, 0) is 4.79 Å². The number of carbonyl (C=O) groups is 2. The van der Waals surface area contributed by atoms with E-state index in [0.717, 1.165) is 42.4 Å². The molecule has 1 aliphatic rings. The van der Waals surface area contributed by atoms with Gasteiger partial charge in [0.05, 0.1) is 11.3 Å². The molecule has 1 saturated heterocycles. The quantitative estimate of drug-likeness (QED) is 0.562. The molecular weight excluding hydrogens is 380 g/mol. The van der Waals surface area contributed by atoms with Crippen LogP contribution in [-0.4, -0.2) is 57.8 Å². The molecule has 0 spiro atoms. The Hall–Kier alpha value is -3.52. The molecule has 8 nitrogen and oxygen atoms in total. The van der Waals surface area contributed by atoms with Gasteiger partial charge in [-0.1, -0.05) is 0 Å². The number of aromatic nitrogens is 3. The minimum absolute atomic E-state index is 0.0957. The Kier molecular flexibility index (Phi) is 5.58. The average molecular weight is 404 g/mol. The van der Waals surface area contributed by atoms with Gasteiger partial charge in [0.15, 0.2) is 0 Å². The number of pyridine rings is 2. The number of aromatic amines is 1. The Balaban J connectivity index is 1.50. The number of H-pyrrole nitrogens is 1. The zero-order chi connectivity index (χ0) is 21.1. The van der Waals surface area contributed by atoms with Crippen LogP contribution in [0.5, 0.6) is 0 Å². The van der Waals surface area contributed by atoms with E-state index in [-0.39, 0.29) is 11.9 Å². The maximum atomic E-state index is 12.5. The first-order valence-electron chi connectivity index (χ1n) is 9.90. The summed E-state index contributed by atoms with van der Waals surface area (Å²) in [5.74, 6) is -0.606. The molecule has 154 valence electrons. The number of rotatable bonds is 5. The number of carbonyl (C=O) groups excluding carboxylic acids is 2. The third kappa shape index (κ3) is 4.38. The standard InChI is InChI=1S/C22H24N6O2/c1-28-8-6-17(7-9-28)27-22(30)15-2-4-19(24-12-15)16-10-18-14(3-5-20(23)29)11-25-21(18)26-13-16/h2-5,10-13,17H,6-9H2,1H3,(H2,23,29)(H,25,26)(H,27,30)/b5-3+. The molecule has 0 radical (unpaired) electrons. The first kappa shape index (κ1) is 19.8. The van der Waals surface area contributed by atoms with Gasteiger partial charge in [-0.25, -0.2) is 4.98 Å². The molecule has 3 aromatic rings. The molecule has 0 saturated carbocycles. The molecule has 4 rings (SSSR count). The lowest BCUT2D eigenvalue weighted by Crippen LogP contribution is -2.43. The molecular formula is C22H24N6O2. The van der Waals surface area contributed by atoms with E-state index in [4.69, 9.17) is 5.73 Å². The summed E-state index contributed by atoms with van der Waals surface area (Å²) < 4.78 is 0. The number of hydrogen-bond acceptors (Lipinski definition) is 5. The Labute approximate surface area is 174 Å². The highest BCUT2D eigenvalue weighted by Crippen LogP contribution is 2.24. The van der Waals surface area contributed by atoms with Crippen LogP contribution in [0.3, 0.4) is 0 Å². The maximum Gasteiger partial charge on any atom is 0.253 e. The van der Waals surface area contributed by atoms with Gasteiger partial charge in [-0.15, -0.1) is 0 Å². The summed E-state index contributed by atoms with van der Waals surface area (Å²) in [6, 6.07) is 5.75. The molecule has 8 heteroatoms. The third-order valence-electron chi connectivity index (χ3n) is 5.37. The van der Waals surface area contributed by atoms with Gasteiger partial charge in [-0.3, -0.25) is 14.6 Å². The Morgan fingerprint density at radius 2 is 2.03 bits per heavy atom. The summed E-state index contributed by atoms with van der Waals surface area (Å²) >= 11 is 0. The third-order valence-corrected chi connectivity index (χ3v) is 5.37. The van der Waals surface area contributed by atoms with E-state index in [9.17, 15) is 9.59 Å². The van der Waals surface area contributed by atoms with E-state index in [1.807, 2.05) is 12.1 Å². The minimum Gasteiger partial charge on any atom is -0.366 e. The molecule has 0 bridgehead atoms. The normalized spacial score (nSPS) is 15.6. The summed E-state index contributed by atoms with van der Waals surface area (Å²) in [6.07, 6.45) is 9.97. The fraction of sp³-hybridized carbons (Fsp3) is 0.273. The van der Waals surface area contributed by atoms with Gasteiger partial charge >= 0.3 is 0 Å². The molecule has 0 atom stereocenters. The molecule has 30 heavy (non-hydrogen) atoms. The topological polar surface area (TPSA) is 117 Å². The summed E-state index contributed by atoms with van der Waals surface area (Å²) in [5, 5.41) is 3.96. The SMILES string of the molecule is CN1CCC(NC(=O)c2ccc(-c3cnc4[nH]cc(/C=C/C(N)=O)c4c3)nc2)CC1. The van der Waals surface area contributed by atoms with Gasteiger partial charge in [0, 0.05) is 47.2 Å². The number of amides is 2. The predicted molar refractivity (Wildman–Crippen MR) is 116 cm³/mol. The fourth-order valence-corrected chi connectivity index (χ4v) is 3.59. The molecule has 1 fully saturated rings. The largest absolute Gasteiger partial charge is 0.366 e. The van der Waals surface area contributed by atoms with Crippen LogP contribution in [0.4, 0.5) is 0 Å². The number of nitrogens with zero attached hydrogens (tertiary/aromatic N) is 3. The van der Waals surface area contributed by atoms with Crippen LogP contribution >= 0.6 is 0 Å². The van der Waals surface area contributed by atoms with Crippen LogP contribution in [0, 0.1) is 0 Å². The van der Waals surface area contributed by atoms with E-state index >= 15 is 0 Å². The number of hydrogen-bond donors (Lipinski definition) is 3. The second-order valence-electron chi connectivity index (χ2n) is 7.58. The van der Waals surface area contributed by atoms with E-state index in [1.54, 1.807) is 30.7 Å². The Bertz CT molecular complexity index is 1090. The van der Waals surface area contributed by atoms with E-state index in [1.165, 1.54) is 6.08 Å². The summed E-state index contributed by atoms with van der Waals surface area (Å²) in [5.41, 5.74) is 8.77. The smallest absolute Gasteiger partial charge is 0.253 e. The van der Waals surface area contributed by atoms with Crippen molar-refractivity contribution < 1.29 is 9.59 Å². The highest BCUT2D eigenvalue weighted by Gasteiger charge is 2.19. The first-order chi connectivity index (χ1) is 14.5. The molecule has 0 unspecified atom stereocenters. The van der Waals surface area contributed by atoms with Gasteiger partial charge in [-0.2, -0.15) is 0 Å². The lowest BCUT2D eigenvalue weighted by atomic mass is 10.0. The number of likely N-dealkylation sites (tertiary alicyclic amines) is 1. The van der Waals surface area contributed by atoms with Gasteiger partial charge in [-0.05, 0) is 57.3 Å². The predicted octanol–water partition coefficient (Wildman–Crippen LogP) is 1.95. The van der Waals surface area contributed by atoms with Gasteiger partial charge in [0.1, 0.15) is 5.65 Å². The summed E-state index contributed by atoms with van der Waals surface area (Å²) in [7, 11) is 2.09. The molecule has 4 N–H and O–H groups in total. The van der Waals surface area contributed by atoms with Crippen LogP contribution in [0.1, 0.15) is 28.8 Å². The van der Waals surface area contributed by atoms with Crippen LogP contribution in [0.2, 0.25) is 0 Å². The minimum atomic E-state index is -0.510. The summed E-state index contributed by atoms with van der Waals surface area (Å²) in [6.45, 7) is 1.99. The van der Waals surface area contributed by atoms with Crippen molar-refractivity contribution in [3.8, 4) is 11.3 Å². The van der Waals surface area contributed by atoms with E-state index < -0.39 is 5.91 Å². The van der Waals surface area contributed by atoms with E-state index in [2.05, 4.69) is 32.2 Å². The molecule has 1 aliphatic heterocycles. The van der Waals surface area contributed by atoms with Crippen molar-refractivity contribution in [3.63, 3.8) is 0 Å². The van der Waals surface area contributed by atoms with Crippen molar-refractivity contribution in [1.29, 1.82) is 0 Å². The van der Waals surface area contributed by atoms with Crippen molar-refractivity contribution in [1.82, 2.24) is 25.2 Å². The van der Waals surface area contributed by atoms with Crippen LogP contribution in [0.15, 0.2) is 42.9 Å². The average Bonchev–Trinajstić information content (AvgIpc) is 3.16. The lowest BCUT2D eigenvalue weighted by Gasteiger charge is -2.29. The summed E-state index contributed by atoms with van der Waals surface area (Å²) in [4.78, 5) is 37.7. The number of fused-ring (bicyclic) bond motifs is 1. The second-order valence-corrected chi connectivity index (χ2v) is 7.58. The molecule has 0 aliphatic carbocycles. The zero-order valence-electron chi connectivity index (χ0n) is 16.8. The second kappa shape index (κ2) is 8.46. The maximum absolute atomic E-state index is 12.5. The first-order valence-corrected chi connectivity index (χ1v) is 9.90. The number of nitrogens with two attached hydrogens (primary N) is 1. The Morgan fingerprint density at radius 3 is 2.73 bits per heavy atom. The molecule has 2 amide bonds. The zero-order valence-corrected chi connectivity index (χ0v) is 16.8. The highest BCUT2D eigenvalue weighted by molar-refractivity contribution is 5.96. The van der Waals surface area contributed by atoms with Crippen LogP contribution < -0.4 is 11.1 Å². The Morgan fingerprint density at radius 1 is 1.23 bits per heavy atom. The van der Waals surface area contributed by atoms with Gasteiger partial charge in [0.2, 0.25) is 5.91 Å². The van der Waals surface area contributed by atoms with Crippen molar-refractivity contribution >= 4 is 28.9 Å². The van der Waals surface area contributed by atoms with E-state index in [0.29, 0.717) is 16.9 Å². The number of piperidine rings is 1. The van der Waals surface area contributed by atoms with Crippen molar-refractivity contribution in [3.05, 3.63) is 54.0 Å². The van der Waals surface area contributed by atoms with Crippen molar-refractivity contribution in [2.24, 2.45) is 5.73 Å². The van der Waals surface area contributed by atoms with Crippen molar-refractivity contribution in [2.45, 2.75) is 18.9 Å². The molecule has 3 aromatic heterocycles. The van der Waals surface area contributed by atoms with Crippen LogP contribution in [0.25, 0.3) is 28.4 Å². The van der Waals surface area contributed by atoms with Crippen molar-refractivity contribution in [2.75, 3.05) is 20.1 Å². The number of nitrogens with one attached hydrogen (secondary N) is 2. The molecule has 4 heterocycles. The molecule has 0 aromatic carbocycles. The number of primary amides is 1. The van der Waals surface area contributed by atoms with Gasteiger partial charge < -0.3 is 20.9 Å². The van der Waals surface area contributed by atoms with Gasteiger partial charge in [0.25, 0.3) is 5.91 Å². The lowest BCUT2D eigenvalue weighted by molar-refractivity contribution is -0.113.